The minimum Gasteiger partial charge on any atom is -0.310 e. The maximum Gasteiger partial charge on any atom is 0.225 e. The molecule has 1 aromatic heterocycles. The number of anilines is 1. The van der Waals surface area contributed by atoms with Crippen LogP contribution in [0.1, 0.15) is 43.0 Å². The first-order chi connectivity index (χ1) is 11.1. The second-order valence-electron chi connectivity index (χ2n) is 5.85. The van der Waals surface area contributed by atoms with Crippen LogP contribution >= 0.6 is 0 Å². The molecule has 1 atom stereocenters. The molecule has 23 heavy (non-hydrogen) atoms. The van der Waals surface area contributed by atoms with E-state index in [1.165, 1.54) is 0 Å². The van der Waals surface area contributed by atoms with E-state index in [0.29, 0.717) is 23.7 Å². The molecule has 5 nitrogen and oxygen atoms in total. The number of fused-ring (bicyclic) bond motifs is 1. The summed E-state index contributed by atoms with van der Waals surface area (Å²) in [6.07, 6.45) is 2.33. The molecule has 1 amide bonds. The number of unbranched alkanes of at least 4 members (excludes halogenated alkanes) is 1. The van der Waals surface area contributed by atoms with E-state index >= 15 is 0 Å². The number of amides is 1. The van der Waals surface area contributed by atoms with Crippen LogP contribution in [0, 0.1) is 6.92 Å². The zero-order chi connectivity index (χ0) is 16.4. The largest absolute Gasteiger partial charge is 0.310 e. The molecule has 0 bridgehead atoms. The Hall–Kier alpha value is -1.95. The van der Waals surface area contributed by atoms with Crippen LogP contribution in [0.4, 0.5) is 5.82 Å². The van der Waals surface area contributed by atoms with Crippen LogP contribution in [0.2, 0.25) is 0 Å². The Morgan fingerprint density at radius 3 is 2.87 bits per heavy atom. The van der Waals surface area contributed by atoms with E-state index in [4.69, 9.17) is 0 Å². The predicted molar refractivity (Wildman–Crippen MR) is 92.0 cm³/mol. The first-order valence-corrected chi connectivity index (χ1v) is 9.40. The van der Waals surface area contributed by atoms with Crippen molar-refractivity contribution in [2.75, 3.05) is 5.32 Å². The van der Waals surface area contributed by atoms with Gasteiger partial charge < -0.3 is 5.32 Å². The molecule has 0 saturated heterocycles. The second kappa shape index (κ2) is 6.66. The molecule has 0 aliphatic carbocycles. The van der Waals surface area contributed by atoms with Crippen molar-refractivity contribution < 1.29 is 9.00 Å². The Bertz CT molecular complexity index is 767. The van der Waals surface area contributed by atoms with Crippen LogP contribution in [-0.4, -0.2) is 19.9 Å². The van der Waals surface area contributed by atoms with Crippen molar-refractivity contribution >= 4 is 22.5 Å². The quantitative estimate of drug-likeness (QED) is 0.916. The number of carbonyl (C=O) groups is 1. The van der Waals surface area contributed by atoms with Crippen molar-refractivity contribution in [3.8, 4) is 5.69 Å². The smallest absolute Gasteiger partial charge is 0.225 e. The normalized spacial score (nSPS) is 16.3. The van der Waals surface area contributed by atoms with E-state index in [1.807, 2.05) is 31.2 Å². The molecular weight excluding hydrogens is 310 g/mol. The summed E-state index contributed by atoms with van der Waals surface area (Å²) in [4.78, 5) is 12.2. The number of aromatic nitrogens is 2. The lowest BCUT2D eigenvalue weighted by Gasteiger charge is -2.12. The van der Waals surface area contributed by atoms with Crippen molar-refractivity contribution in [3.05, 3.63) is 41.1 Å². The lowest BCUT2D eigenvalue weighted by molar-refractivity contribution is -0.116. The second-order valence-corrected chi connectivity index (χ2v) is 7.31. The van der Waals surface area contributed by atoms with Crippen molar-refractivity contribution in [3.63, 3.8) is 0 Å². The molecule has 0 radical (unpaired) electrons. The lowest BCUT2D eigenvalue weighted by atomic mass is 10.2. The van der Waals surface area contributed by atoms with Gasteiger partial charge in [-0.2, -0.15) is 5.10 Å². The van der Waals surface area contributed by atoms with Crippen LogP contribution in [0.5, 0.6) is 0 Å². The summed E-state index contributed by atoms with van der Waals surface area (Å²) in [7, 11) is -0.916. The van der Waals surface area contributed by atoms with Gasteiger partial charge in [0.05, 0.1) is 22.9 Å². The minimum atomic E-state index is -0.916. The molecule has 1 aliphatic rings. The van der Waals surface area contributed by atoms with Gasteiger partial charge in [-0.05, 0) is 25.0 Å². The van der Waals surface area contributed by atoms with Crippen molar-refractivity contribution in [1.82, 2.24) is 9.78 Å². The molecule has 0 spiro atoms. The minimum absolute atomic E-state index is 0.0120. The van der Waals surface area contributed by atoms with E-state index in [2.05, 4.69) is 17.3 Å². The monoisotopic (exact) mass is 331 g/mol. The van der Waals surface area contributed by atoms with Gasteiger partial charge in [0.15, 0.2) is 0 Å². The van der Waals surface area contributed by atoms with Gasteiger partial charge in [-0.25, -0.2) is 4.68 Å². The van der Waals surface area contributed by atoms with Gasteiger partial charge in [0.2, 0.25) is 5.91 Å². The molecule has 2 aromatic rings. The third kappa shape index (κ3) is 3.22. The van der Waals surface area contributed by atoms with E-state index in [1.54, 1.807) is 4.68 Å². The molecule has 3 rings (SSSR count). The van der Waals surface area contributed by atoms with Crippen molar-refractivity contribution in [2.24, 2.45) is 0 Å². The van der Waals surface area contributed by atoms with E-state index in [-0.39, 0.29) is 5.91 Å². The van der Waals surface area contributed by atoms with Crippen LogP contribution in [-0.2, 0) is 27.1 Å². The molecule has 0 saturated carbocycles. The number of hydrogen-bond acceptors (Lipinski definition) is 3. The highest BCUT2D eigenvalue weighted by Crippen LogP contribution is 2.32. The number of hydrogen-bond donors (Lipinski definition) is 1. The average molecular weight is 331 g/mol. The van der Waals surface area contributed by atoms with Gasteiger partial charge >= 0.3 is 0 Å². The Kier molecular flexibility index (Phi) is 4.61. The molecule has 0 fully saturated rings. The third-order valence-electron chi connectivity index (χ3n) is 4.03. The predicted octanol–water partition coefficient (Wildman–Crippen LogP) is 3.07. The molecule has 0 unspecified atom stereocenters. The summed E-state index contributed by atoms with van der Waals surface area (Å²) >= 11 is 0. The Labute approximate surface area is 138 Å². The molecule has 6 heteroatoms. The van der Waals surface area contributed by atoms with Crippen LogP contribution < -0.4 is 5.32 Å². The van der Waals surface area contributed by atoms with Gasteiger partial charge in [0.25, 0.3) is 0 Å². The fourth-order valence-corrected chi connectivity index (χ4v) is 4.03. The molecule has 1 N–H and O–H groups in total. The van der Waals surface area contributed by atoms with Gasteiger partial charge in [-0.1, -0.05) is 31.5 Å². The number of nitrogens with one attached hydrogen (secondary N) is 1. The van der Waals surface area contributed by atoms with E-state index in [9.17, 15) is 9.00 Å². The first-order valence-electron chi connectivity index (χ1n) is 7.91. The SMILES string of the molecule is CCCCC(=O)Nc1c2c(nn1-c1ccccc1C)C[S@](=O)C2. The zero-order valence-corrected chi connectivity index (χ0v) is 14.3. The Morgan fingerprint density at radius 1 is 1.35 bits per heavy atom. The third-order valence-corrected chi connectivity index (χ3v) is 5.23. The molecule has 122 valence electrons. The number of para-hydroxylation sites is 1. The number of nitrogens with zero attached hydrogens (tertiary/aromatic N) is 2. The maximum absolute atomic E-state index is 12.2. The summed E-state index contributed by atoms with van der Waals surface area (Å²) in [5.74, 6) is 1.60. The Morgan fingerprint density at radius 2 is 2.13 bits per heavy atom. The summed E-state index contributed by atoms with van der Waals surface area (Å²) < 4.78 is 13.6. The fraction of sp³-hybridized carbons (Fsp3) is 0.412. The summed E-state index contributed by atoms with van der Waals surface area (Å²) in [6, 6.07) is 7.93. The van der Waals surface area contributed by atoms with Crippen LogP contribution in [0.25, 0.3) is 5.69 Å². The van der Waals surface area contributed by atoms with Gasteiger partial charge in [-0.3, -0.25) is 9.00 Å². The number of benzene rings is 1. The van der Waals surface area contributed by atoms with Crippen LogP contribution in [0.15, 0.2) is 24.3 Å². The summed E-state index contributed by atoms with van der Waals surface area (Å²) in [5, 5.41) is 7.61. The molecular formula is C17H21N3O2S. The topological polar surface area (TPSA) is 64.0 Å². The Balaban J connectivity index is 2.00. The zero-order valence-electron chi connectivity index (χ0n) is 13.5. The summed E-state index contributed by atoms with van der Waals surface area (Å²) in [5.41, 5.74) is 3.77. The first kappa shape index (κ1) is 15.9. The number of aryl methyl sites for hydroxylation is 1. The average Bonchev–Trinajstić information content (AvgIpc) is 3.03. The highest BCUT2D eigenvalue weighted by atomic mass is 32.2. The van der Waals surface area contributed by atoms with Gasteiger partial charge in [0, 0.05) is 22.8 Å². The number of rotatable bonds is 5. The fourth-order valence-electron chi connectivity index (χ4n) is 2.76. The molecule has 1 aromatic carbocycles. The number of carbonyl (C=O) groups excluding carboxylic acids is 1. The summed E-state index contributed by atoms with van der Waals surface area (Å²) in [6.45, 7) is 4.08. The van der Waals surface area contributed by atoms with E-state index in [0.717, 1.165) is 35.3 Å². The van der Waals surface area contributed by atoms with Gasteiger partial charge in [0.1, 0.15) is 5.82 Å². The van der Waals surface area contributed by atoms with Crippen LogP contribution in [0.3, 0.4) is 0 Å². The lowest BCUT2D eigenvalue weighted by Crippen LogP contribution is -2.16. The van der Waals surface area contributed by atoms with Crippen molar-refractivity contribution in [2.45, 2.75) is 44.6 Å². The standard InChI is InChI=1S/C17H21N3O2S/c1-3-4-9-16(21)18-17-13-10-23(22)11-14(13)19-20(17)15-8-6-5-7-12(15)2/h5-8H,3-4,9-11H2,1-2H3,(H,18,21)/t23-/m1/s1. The maximum atomic E-state index is 12.2. The highest BCUT2D eigenvalue weighted by molar-refractivity contribution is 7.83. The van der Waals surface area contributed by atoms with E-state index < -0.39 is 10.8 Å². The van der Waals surface area contributed by atoms with Crippen molar-refractivity contribution in [1.29, 1.82) is 0 Å². The molecule has 2 heterocycles. The van der Waals surface area contributed by atoms with Gasteiger partial charge in [-0.15, -0.1) is 0 Å². The molecule has 1 aliphatic heterocycles. The highest BCUT2D eigenvalue weighted by Gasteiger charge is 2.28.